The number of methoxy groups -OCH3 is 1. The van der Waals surface area contributed by atoms with E-state index in [9.17, 15) is 5.11 Å². The molecule has 5 nitrogen and oxygen atoms in total. The third kappa shape index (κ3) is 5.39. The van der Waals surface area contributed by atoms with Crippen LogP contribution in [0.25, 0.3) is 10.9 Å². The molecule has 1 aromatic carbocycles. The van der Waals surface area contributed by atoms with Gasteiger partial charge in [-0.1, -0.05) is 23.4 Å². The fourth-order valence-electron chi connectivity index (χ4n) is 4.56. The molecule has 4 rings (SSSR count). The van der Waals surface area contributed by atoms with Crippen LogP contribution in [0, 0.1) is 5.41 Å². The van der Waals surface area contributed by atoms with Crippen LogP contribution in [0.3, 0.4) is 0 Å². The van der Waals surface area contributed by atoms with Gasteiger partial charge in [0.25, 0.3) is 0 Å². The lowest BCUT2D eigenvalue weighted by atomic mass is 9.75. The van der Waals surface area contributed by atoms with Crippen LogP contribution in [0.5, 0.6) is 5.75 Å². The van der Waals surface area contributed by atoms with Gasteiger partial charge in [0.15, 0.2) is 4.34 Å². The quantitative estimate of drug-likeness (QED) is 0.377. The van der Waals surface area contributed by atoms with E-state index in [-0.39, 0.29) is 12.0 Å². The molecule has 8 heteroatoms. The first-order valence-corrected chi connectivity index (χ1v) is 13.2. The summed E-state index contributed by atoms with van der Waals surface area (Å²) in [6, 6.07) is 5.92. The Hall–Kier alpha value is -1.38. The Kier molecular flexibility index (Phi) is 7.95. The lowest BCUT2D eigenvalue weighted by Gasteiger charge is -2.42. The van der Waals surface area contributed by atoms with Crippen LogP contribution in [-0.2, 0) is 6.42 Å². The summed E-state index contributed by atoms with van der Waals surface area (Å²) in [7, 11) is 1.67. The van der Waals surface area contributed by atoms with Gasteiger partial charge in [-0.2, -0.15) is 0 Å². The van der Waals surface area contributed by atoms with Gasteiger partial charge in [-0.15, -0.1) is 11.3 Å². The molecule has 0 aliphatic carbocycles. The molecule has 1 fully saturated rings. The first-order chi connectivity index (χ1) is 15.5. The van der Waals surface area contributed by atoms with Crippen molar-refractivity contribution < 1.29 is 9.84 Å². The molecule has 1 atom stereocenters. The molecular weight excluding hydrogens is 462 g/mol. The monoisotopic (exact) mass is 491 g/mol. The zero-order valence-corrected chi connectivity index (χ0v) is 21.0. The molecule has 32 heavy (non-hydrogen) atoms. The molecule has 3 heterocycles. The van der Waals surface area contributed by atoms with Gasteiger partial charge < -0.3 is 9.84 Å². The summed E-state index contributed by atoms with van der Waals surface area (Å²) in [5.41, 5.74) is 2.05. The number of aliphatic hydroxyl groups excluding tert-OH is 1. The predicted molar refractivity (Wildman–Crippen MR) is 134 cm³/mol. The zero-order valence-electron chi connectivity index (χ0n) is 18.6. The van der Waals surface area contributed by atoms with E-state index < -0.39 is 0 Å². The molecular formula is C24H30ClN3O2S2. The number of thiazole rings is 1. The highest BCUT2D eigenvalue weighted by Crippen LogP contribution is 2.39. The van der Waals surface area contributed by atoms with Crippen LogP contribution in [0.4, 0.5) is 0 Å². The number of rotatable bonds is 9. The molecule has 1 saturated heterocycles. The van der Waals surface area contributed by atoms with Crippen molar-refractivity contribution in [1.82, 2.24) is 14.9 Å². The van der Waals surface area contributed by atoms with Gasteiger partial charge in [-0.25, -0.2) is 4.98 Å². The molecule has 1 unspecified atom stereocenters. The highest BCUT2D eigenvalue weighted by atomic mass is 35.5. The number of benzene rings is 1. The van der Waals surface area contributed by atoms with Crippen LogP contribution < -0.4 is 4.74 Å². The Morgan fingerprint density at radius 2 is 2.12 bits per heavy atom. The molecule has 172 valence electrons. The van der Waals surface area contributed by atoms with Crippen molar-refractivity contribution >= 4 is 45.6 Å². The highest BCUT2D eigenvalue weighted by molar-refractivity contribution is 8.01. The number of piperidine rings is 1. The fourth-order valence-corrected chi connectivity index (χ4v) is 6.75. The Labute approximate surface area is 203 Å². The molecule has 0 spiro atoms. The normalized spacial score (nSPS) is 17.5. The number of halogens is 1. The van der Waals surface area contributed by atoms with Gasteiger partial charge in [-0.05, 0) is 81.3 Å². The van der Waals surface area contributed by atoms with E-state index in [1.165, 1.54) is 0 Å². The maximum absolute atomic E-state index is 10.3. The maximum atomic E-state index is 10.3. The van der Waals surface area contributed by atoms with Crippen molar-refractivity contribution in [3.63, 3.8) is 0 Å². The van der Waals surface area contributed by atoms with E-state index in [2.05, 4.69) is 21.8 Å². The maximum Gasteiger partial charge on any atom is 0.151 e. The average molecular weight is 492 g/mol. The van der Waals surface area contributed by atoms with Crippen molar-refractivity contribution in [2.45, 2.75) is 48.7 Å². The van der Waals surface area contributed by atoms with E-state index in [0.717, 1.165) is 71.7 Å². The molecule has 1 aliphatic rings. The second-order valence-corrected chi connectivity index (χ2v) is 11.4. The lowest BCUT2D eigenvalue weighted by molar-refractivity contribution is 0.0337. The average Bonchev–Trinajstić information content (AvgIpc) is 3.33. The number of aliphatic hydroxyl groups is 1. The topological polar surface area (TPSA) is 58.5 Å². The minimum Gasteiger partial charge on any atom is -0.497 e. The van der Waals surface area contributed by atoms with Crippen LogP contribution in [0.15, 0.2) is 40.3 Å². The van der Waals surface area contributed by atoms with Crippen LogP contribution in [0.1, 0.15) is 38.2 Å². The Balaban J connectivity index is 1.37. The fraction of sp³-hybridized carbons (Fsp3) is 0.500. The van der Waals surface area contributed by atoms with E-state index in [0.29, 0.717) is 10.4 Å². The number of thioether (sulfide) groups is 1. The largest absolute Gasteiger partial charge is 0.497 e. The van der Waals surface area contributed by atoms with Crippen molar-refractivity contribution in [3.05, 3.63) is 46.6 Å². The number of hydrogen-bond acceptors (Lipinski definition) is 7. The summed E-state index contributed by atoms with van der Waals surface area (Å²) in [6.45, 7) is 4.52. The molecule has 0 amide bonds. The third-order valence-electron chi connectivity index (χ3n) is 6.66. The number of pyridine rings is 1. The van der Waals surface area contributed by atoms with Crippen molar-refractivity contribution in [2.75, 3.05) is 26.8 Å². The van der Waals surface area contributed by atoms with Crippen LogP contribution in [-0.4, -0.2) is 52.2 Å². The van der Waals surface area contributed by atoms with E-state index in [1.807, 2.05) is 41.5 Å². The second-order valence-electron chi connectivity index (χ2n) is 8.53. The van der Waals surface area contributed by atoms with Gasteiger partial charge in [0, 0.05) is 29.8 Å². The summed E-state index contributed by atoms with van der Waals surface area (Å²) in [6.07, 6.45) is 8.49. The van der Waals surface area contributed by atoms with E-state index in [4.69, 9.17) is 16.3 Å². The summed E-state index contributed by atoms with van der Waals surface area (Å²) >= 11 is 10.1. The summed E-state index contributed by atoms with van der Waals surface area (Å²) in [4.78, 5) is 11.4. The van der Waals surface area contributed by atoms with E-state index in [1.54, 1.807) is 24.6 Å². The molecule has 0 bridgehead atoms. The molecule has 0 radical (unpaired) electrons. The van der Waals surface area contributed by atoms with Crippen molar-refractivity contribution in [2.24, 2.45) is 5.41 Å². The minimum absolute atomic E-state index is 0.00489. The highest BCUT2D eigenvalue weighted by Gasteiger charge is 2.35. The number of aryl methyl sites for hydroxylation is 1. The third-order valence-corrected chi connectivity index (χ3v) is 9.07. The number of fused-ring (bicyclic) bond motifs is 1. The minimum atomic E-state index is -0.00489. The zero-order chi connectivity index (χ0) is 22.6. The van der Waals surface area contributed by atoms with Gasteiger partial charge in [0.1, 0.15) is 5.75 Å². The van der Waals surface area contributed by atoms with Crippen molar-refractivity contribution in [1.29, 1.82) is 0 Å². The Morgan fingerprint density at radius 3 is 2.81 bits per heavy atom. The van der Waals surface area contributed by atoms with Crippen LogP contribution in [0.2, 0.25) is 5.02 Å². The van der Waals surface area contributed by atoms with Crippen LogP contribution >= 0.6 is 34.7 Å². The number of nitrogens with zero attached hydrogens (tertiary/aromatic N) is 3. The molecule has 2 aromatic heterocycles. The number of ether oxygens (including phenoxy) is 1. The number of likely N-dealkylation sites (tertiary alicyclic amines) is 1. The number of hydrogen-bond donors (Lipinski definition) is 1. The van der Waals surface area contributed by atoms with Crippen molar-refractivity contribution in [3.8, 4) is 5.75 Å². The molecule has 3 aromatic rings. The first-order valence-electron chi connectivity index (χ1n) is 11.1. The predicted octanol–water partition coefficient (Wildman–Crippen LogP) is 5.89. The van der Waals surface area contributed by atoms with Gasteiger partial charge in [0.05, 0.1) is 23.0 Å². The SMILES string of the molecule is COc1ccc2ncc(Cl)c(CCCC3(CO)CCN(C(C)Sc4nccs4)CC3)c2c1. The standard InChI is InChI=1S/C24H30ClN3O2S2/c1-17(32-23-26-10-13-31-23)28-11-8-24(16-29,9-12-28)7-3-4-19-20-14-18(30-2)5-6-22(20)27-15-21(19)25/h5-6,10,13-15,17,29H,3-4,7-9,11-12,16H2,1-2H3. The second kappa shape index (κ2) is 10.7. The van der Waals surface area contributed by atoms with Gasteiger partial charge >= 0.3 is 0 Å². The van der Waals surface area contributed by atoms with E-state index >= 15 is 0 Å². The first kappa shape index (κ1) is 23.8. The smallest absolute Gasteiger partial charge is 0.151 e. The Bertz CT molecular complexity index is 1020. The summed E-state index contributed by atoms with van der Waals surface area (Å²) < 4.78 is 6.52. The molecule has 0 saturated carbocycles. The van der Waals surface area contributed by atoms with Gasteiger partial charge in [-0.3, -0.25) is 9.88 Å². The molecule has 1 N–H and O–H groups in total. The molecule has 1 aliphatic heterocycles. The summed E-state index contributed by atoms with van der Waals surface area (Å²) in [5.74, 6) is 0.812. The summed E-state index contributed by atoms with van der Waals surface area (Å²) in [5, 5.41) is 14.5. The Morgan fingerprint density at radius 1 is 1.31 bits per heavy atom. The number of aromatic nitrogens is 2. The van der Waals surface area contributed by atoms with Gasteiger partial charge in [0.2, 0.25) is 0 Å². The lowest BCUT2D eigenvalue weighted by Crippen LogP contribution is -2.44.